The van der Waals surface area contributed by atoms with E-state index in [0.29, 0.717) is 40.1 Å². The number of oxazole rings is 1. The Hall–Kier alpha value is -3.08. The summed E-state index contributed by atoms with van der Waals surface area (Å²) in [6.45, 7) is 1.18. The van der Waals surface area contributed by atoms with Gasteiger partial charge in [0.1, 0.15) is 6.33 Å². The number of fused-ring (bicyclic) bond motifs is 1. The summed E-state index contributed by atoms with van der Waals surface area (Å²) in [4.78, 5) is 26.7. The van der Waals surface area contributed by atoms with Gasteiger partial charge in [-0.2, -0.15) is 0 Å². The van der Waals surface area contributed by atoms with Crippen LogP contribution in [0.2, 0.25) is 5.02 Å². The van der Waals surface area contributed by atoms with E-state index >= 15 is 0 Å². The summed E-state index contributed by atoms with van der Waals surface area (Å²) in [5.41, 5.74) is 2.52. The maximum Gasteiger partial charge on any atom is 0.419 e. The maximum atomic E-state index is 12.5. The number of nitrogens with zero attached hydrogens (tertiary/aromatic N) is 5. The van der Waals surface area contributed by atoms with Crippen molar-refractivity contribution in [1.82, 2.24) is 24.2 Å². The van der Waals surface area contributed by atoms with Gasteiger partial charge in [-0.05, 0) is 50.5 Å². The molecular weight excluding hydrogens is 452 g/mol. The second kappa shape index (κ2) is 9.60. The van der Waals surface area contributed by atoms with Crippen LogP contribution in [0.15, 0.2) is 63.2 Å². The highest BCUT2D eigenvalue weighted by atomic mass is 35.5. The molecule has 0 saturated heterocycles. The maximum absolute atomic E-state index is 12.5. The molecule has 0 aliphatic rings. The van der Waals surface area contributed by atoms with Crippen molar-refractivity contribution < 1.29 is 9.21 Å². The van der Waals surface area contributed by atoms with Gasteiger partial charge in [0.25, 0.3) is 0 Å². The quantitative estimate of drug-likeness (QED) is 0.393. The van der Waals surface area contributed by atoms with Crippen molar-refractivity contribution in [3.63, 3.8) is 0 Å². The third-order valence-electron chi connectivity index (χ3n) is 4.66. The van der Waals surface area contributed by atoms with Gasteiger partial charge in [0, 0.05) is 23.8 Å². The average Bonchev–Trinajstić information content (AvgIpc) is 3.34. The molecule has 2 aromatic carbocycles. The molecule has 2 heterocycles. The number of hydrogen-bond donors (Lipinski definition) is 1. The molecule has 0 aliphatic carbocycles. The first-order chi connectivity index (χ1) is 15.4. The third-order valence-corrected chi connectivity index (χ3v) is 5.84. The normalized spacial score (nSPS) is 11.4. The van der Waals surface area contributed by atoms with Crippen molar-refractivity contribution in [3.8, 4) is 5.69 Å². The fraction of sp³-hybridized carbons (Fsp3) is 0.238. The number of hydrogen-bond acceptors (Lipinski definition) is 7. The standard InChI is InChI=1S/C21H21ClN6O3S/c1-26(2)8-9-27-17-11-15(6-7-18(17)31-21(27)30)24-19(29)12-32-20-25-23-13-28(20)16-5-3-4-14(22)10-16/h3-7,10-11,13H,8-9,12H2,1-2H3,(H,24,29). The van der Waals surface area contributed by atoms with Crippen molar-refractivity contribution in [2.24, 2.45) is 0 Å². The number of thioether (sulfide) groups is 1. The highest BCUT2D eigenvalue weighted by Gasteiger charge is 2.13. The summed E-state index contributed by atoms with van der Waals surface area (Å²) >= 11 is 7.32. The molecule has 4 rings (SSSR count). The second-order valence-corrected chi connectivity index (χ2v) is 8.68. The minimum atomic E-state index is -0.416. The highest BCUT2D eigenvalue weighted by molar-refractivity contribution is 7.99. The Labute approximate surface area is 193 Å². The van der Waals surface area contributed by atoms with Gasteiger partial charge >= 0.3 is 5.76 Å². The molecular formula is C21H21ClN6O3S. The molecule has 0 saturated carbocycles. The summed E-state index contributed by atoms with van der Waals surface area (Å²) in [6.07, 6.45) is 1.58. The molecule has 0 unspecified atom stereocenters. The zero-order chi connectivity index (χ0) is 22.7. The number of aromatic nitrogens is 4. The zero-order valence-electron chi connectivity index (χ0n) is 17.5. The SMILES string of the molecule is CN(C)CCn1c(=O)oc2ccc(NC(=O)CSc3nncn3-c3cccc(Cl)c3)cc21. The van der Waals surface area contributed by atoms with E-state index in [0.717, 1.165) is 5.69 Å². The van der Waals surface area contributed by atoms with E-state index in [1.807, 2.05) is 31.1 Å². The zero-order valence-corrected chi connectivity index (χ0v) is 19.1. The minimum absolute atomic E-state index is 0.135. The lowest BCUT2D eigenvalue weighted by molar-refractivity contribution is -0.113. The fourth-order valence-electron chi connectivity index (χ4n) is 3.10. The van der Waals surface area contributed by atoms with Crippen LogP contribution in [-0.2, 0) is 11.3 Å². The fourth-order valence-corrected chi connectivity index (χ4v) is 4.02. The van der Waals surface area contributed by atoms with Gasteiger partial charge in [0.2, 0.25) is 5.91 Å². The Balaban J connectivity index is 1.44. The predicted octanol–water partition coefficient (Wildman–Crippen LogP) is 3.12. The van der Waals surface area contributed by atoms with Crippen LogP contribution in [0, 0.1) is 0 Å². The van der Waals surface area contributed by atoms with Crippen molar-refractivity contribution in [3.05, 3.63) is 64.4 Å². The first-order valence-corrected chi connectivity index (χ1v) is 11.1. The molecule has 0 aliphatic heterocycles. The number of benzene rings is 2. The average molecular weight is 473 g/mol. The Morgan fingerprint density at radius 2 is 2.09 bits per heavy atom. The summed E-state index contributed by atoms with van der Waals surface area (Å²) in [5, 5.41) is 12.1. The molecule has 4 aromatic rings. The van der Waals surface area contributed by atoms with Gasteiger partial charge in [-0.25, -0.2) is 4.79 Å². The van der Waals surface area contributed by atoms with E-state index < -0.39 is 5.76 Å². The molecule has 0 fully saturated rings. The summed E-state index contributed by atoms with van der Waals surface area (Å²) in [6, 6.07) is 12.4. The van der Waals surface area contributed by atoms with E-state index in [2.05, 4.69) is 15.5 Å². The van der Waals surface area contributed by atoms with Crippen LogP contribution in [0.4, 0.5) is 5.69 Å². The van der Waals surface area contributed by atoms with Gasteiger partial charge in [-0.1, -0.05) is 29.4 Å². The molecule has 1 N–H and O–H groups in total. The van der Waals surface area contributed by atoms with Crippen molar-refractivity contribution in [2.45, 2.75) is 11.7 Å². The van der Waals surface area contributed by atoms with Crippen LogP contribution in [0.3, 0.4) is 0 Å². The van der Waals surface area contributed by atoms with Crippen molar-refractivity contribution in [1.29, 1.82) is 0 Å². The van der Waals surface area contributed by atoms with E-state index in [1.54, 1.807) is 45.8 Å². The van der Waals surface area contributed by atoms with E-state index in [1.165, 1.54) is 11.8 Å². The number of amides is 1. The molecule has 0 spiro atoms. The van der Waals surface area contributed by atoms with E-state index in [-0.39, 0.29) is 11.7 Å². The first-order valence-electron chi connectivity index (χ1n) is 9.77. The smallest absolute Gasteiger partial charge is 0.408 e. The Kier molecular flexibility index (Phi) is 6.63. The van der Waals surface area contributed by atoms with Crippen molar-refractivity contribution in [2.75, 3.05) is 31.7 Å². The highest BCUT2D eigenvalue weighted by Crippen LogP contribution is 2.23. The number of anilines is 1. The third kappa shape index (κ3) is 5.04. The molecule has 0 radical (unpaired) electrons. The lowest BCUT2D eigenvalue weighted by Gasteiger charge is -2.10. The van der Waals surface area contributed by atoms with Crippen LogP contribution >= 0.6 is 23.4 Å². The molecule has 2 aromatic heterocycles. The topological polar surface area (TPSA) is 98.2 Å². The van der Waals surface area contributed by atoms with Crippen LogP contribution < -0.4 is 11.1 Å². The number of rotatable bonds is 8. The molecule has 11 heteroatoms. The van der Waals surface area contributed by atoms with Gasteiger partial charge in [-0.3, -0.25) is 13.9 Å². The summed E-state index contributed by atoms with van der Waals surface area (Å²) in [7, 11) is 3.87. The van der Waals surface area contributed by atoms with Crippen molar-refractivity contribution >= 4 is 46.1 Å². The van der Waals surface area contributed by atoms with Crippen LogP contribution in [0.25, 0.3) is 16.8 Å². The number of likely N-dealkylation sites (N-methyl/N-ethyl adjacent to an activating group) is 1. The second-order valence-electron chi connectivity index (χ2n) is 7.31. The molecule has 32 heavy (non-hydrogen) atoms. The Bertz CT molecular complexity index is 1310. The van der Waals surface area contributed by atoms with Gasteiger partial charge in [0.15, 0.2) is 10.7 Å². The van der Waals surface area contributed by atoms with E-state index in [4.69, 9.17) is 16.0 Å². The molecule has 9 nitrogen and oxygen atoms in total. The van der Waals surface area contributed by atoms with Crippen LogP contribution in [-0.4, -0.2) is 56.5 Å². The lowest BCUT2D eigenvalue weighted by Crippen LogP contribution is -2.23. The Morgan fingerprint density at radius 1 is 1.25 bits per heavy atom. The number of carbonyl (C=O) groups excluding carboxylic acids is 1. The van der Waals surface area contributed by atoms with Crippen LogP contribution in [0.5, 0.6) is 0 Å². The number of nitrogens with one attached hydrogen (secondary N) is 1. The largest absolute Gasteiger partial charge is 0.419 e. The van der Waals surface area contributed by atoms with Gasteiger partial charge in [0.05, 0.1) is 17.0 Å². The minimum Gasteiger partial charge on any atom is -0.408 e. The monoisotopic (exact) mass is 472 g/mol. The molecule has 0 bridgehead atoms. The van der Waals surface area contributed by atoms with Gasteiger partial charge in [-0.15, -0.1) is 10.2 Å². The summed E-state index contributed by atoms with van der Waals surface area (Å²) < 4.78 is 8.63. The van der Waals surface area contributed by atoms with E-state index in [9.17, 15) is 9.59 Å². The lowest BCUT2D eigenvalue weighted by atomic mass is 10.2. The van der Waals surface area contributed by atoms with Gasteiger partial charge < -0.3 is 14.6 Å². The summed E-state index contributed by atoms with van der Waals surface area (Å²) in [5.74, 6) is -0.488. The number of carbonyl (C=O) groups is 1. The number of halogens is 1. The predicted molar refractivity (Wildman–Crippen MR) is 125 cm³/mol. The Morgan fingerprint density at radius 3 is 2.88 bits per heavy atom. The first kappa shape index (κ1) is 22.1. The molecule has 1 amide bonds. The van der Waals surface area contributed by atoms with Crippen LogP contribution in [0.1, 0.15) is 0 Å². The molecule has 166 valence electrons. The molecule has 0 atom stereocenters.